The van der Waals surface area contributed by atoms with Gasteiger partial charge in [0, 0.05) is 12.8 Å². The molecule has 76 valence electrons. The number of fused-ring (bicyclic) bond motifs is 1. The van der Waals surface area contributed by atoms with Gasteiger partial charge in [-0.05, 0) is 37.0 Å². The van der Waals surface area contributed by atoms with E-state index in [4.69, 9.17) is 0 Å². The highest BCUT2D eigenvalue weighted by Gasteiger charge is 2.37. The van der Waals surface area contributed by atoms with Crippen molar-refractivity contribution in [2.45, 2.75) is 32.1 Å². The van der Waals surface area contributed by atoms with Crippen LogP contribution in [-0.2, 0) is 4.79 Å². The first-order valence-corrected chi connectivity index (χ1v) is 5.54. The van der Waals surface area contributed by atoms with Crippen molar-refractivity contribution < 1.29 is 4.79 Å². The van der Waals surface area contributed by atoms with Gasteiger partial charge in [-0.15, -0.1) is 6.58 Å². The first-order valence-electron chi connectivity index (χ1n) is 5.54. The van der Waals surface area contributed by atoms with Crippen LogP contribution in [0.1, 0.15) is 32.1 Å². The molecule has 2 fully saturated rings. The molecule has 0 saturated heterocycles. The fraction of sp³-hybridized carbons (Fsp3) is 0.615. The molecular weight excluding hydrogens is 172 g/mol. The summed E-state index contributed by atoms with van der Waals surface area (Å²) in [6.45, 7) is 8.03. The first-order chi connectivity index (χ1) is 6.72. The molecule has 0 radical (unpaired) electrons. The summed E-state index contributed by atoms with van der Waals surface area (Å²) in [5.41, 5.74) is 1.38. The molecule has 2 rings (SSSR count). The Bertz CT molecular complexity index is 277. The molecule has 0 N–H and O–H groups in total. The summed E-state index contributed by atoms with van der Waals surface area (Å²) in [6.07, 6.45) is 6.89. The molecule has 14 heavy (non-hydrogen) atoms. The topological polar surface area (TPSA) is 17.1 Å². The first kappa shape index (κ1) is 9.70. The van der Waals surface area contributed by atoms with E-state index in [9.17, 15) is 4.79 Å². The summed E-state index contributed by atoms with van der Waals surface area (Å²) in [4.78, 5) is 11.4. The zero-order valence-electron chi connectivity index (χ0n) is 8.67. The molecule has 1 unspecified atom stereocenters. The average Bonchev–Trinajstić information content (AvgIpc) is 2.18. The van der Waals surface area contributed by atoms with Crippen LogP contribution in [0.25, 0.3) is 0 Å². The van der Waals surface area contributed by atoms with Crippen LogP contribution in [-0.4, -0.2) is 5.78 Å². The van der Waals surface area contributed by atoms with Gasteiger partial charge in [-0.2, -0.15) is 0 Å². The van der Waals surface area contributed by atoms with E-state index >= 15 is 0 Å². The van der Waals surface area contributed by atoms with Crippen LogP contribution in [0.15, 0.2) is 24.8 Å². The summed E-state index contributed by atoms with van der Waals surface area (Å²) in [5.74, 6) is 2.11. The monoisotopic (exact) mass is 190 g/mol. The third-order valence-electron chi connectivity index (χ3n) is 3.89. The van der Waals surface area contributed by atoms with Crippen molar-refractivity contribution >= 4 is 5.78 Å². The zero-order valence-corrected chi connectivity index (χ0v) is 8.67. The Hall–Kier alpha value is -0.850. The van der Waals surface area contributed by atoms with Crippen molar-refractivity contribution in [1.29, 1.82) is 0 Å². The van der Waals surface area contributed by atoms with Gasteiger partial charge in [0.15, 0.2) is 0 Å². The molecule has 0 aromatic heterocycles. The molecule has 3 atom stereocenters. The van der Waals surface area contributed by atoms with E-state index in [0.717, 1.165) is 32.1 Å². The van der Waals surface area contributed by atoms with Crippen molar-refractivity contribution in [2.24, 2.45) is 17.8 Å². The van der Waals surface area contributed by atoms with Gasteiger partial charge in [-0.1, -0.05) is 18.2 Å². The molecule has 0 amide bonds. The van der Waals surface area contributed by atoms with Gasteiger partial charge in [0.05, 0.1) is 0 Å². The SMILES string of the molecule is C=CC1CCC(=C)[C@@H]2CCC(=O)C[C@@H]12. The van der Waals surface area contributed by atoms with Crippen molar-refractivity contribution in [3.05, 3.63) is 24.8 Å². The predicted molar refractivity (Wildman–Crippen MR) is 57.9 cm³/mol. The molecule has 0 spiro atoms. The van der Waals surface area contributed by atoms with Gasteiger partial charge < -0.3 is 0 Å². The maximum atomic E-state index is 11.4. The smallest absolute Gasteiger partial charge is 0.133 e. The molecule has 2 saturated carbocycles. The van der Waals surface area contributed by atoms with Crippen LogP contribution in [0.4, 0.5) is 0 Å². The van der Waals surface area contributed by atoms with Gasteiger partial charge in [-0.3, -0.25) is 4.79 Å². The Morgan fingerprint density at radius 2 is 2.07 bits per heavy atom. The molecule has 1 nitrogen and oxygen atoms in total. The summed E-state index contributed by atoms with van der Waals surface area (Å²) in [6, 6.07) is 0. The van der Waals surface area contributed by atoms with Crippen LogP contribution in [0.5, 0.6) is 0 Å². The number of hydrogen-bond donors (Lipinski definition) is 0. The minimum atomic E-state index is 0.438. The van der Waals surface area contributed by atoms with Crippen molar-refractivity contribution in [2.75, 3.05) is 0 Å². The Labute approximate surface area is 85.9 Å². The second-order valence-corrected chi connectivity index (χ2v) is 4.65. The molecule has 0 aromatic carbocycles. The number of ketones is 1. The normalized spacial score (nSPS) is 37.9. The van der Waals surface area contributed by atoms with Gasteiger partial charge in [0.1, 0.15) is 5.78 Å². The Balaban J connectivity index is 2.18. The number of rotatable bonds is 1. The molecule has 0 aromatic rings. The van der Waals surface area contributed by atoms with E-state index < -0.39 is 0 Å². The van der Waals surface area contributed by atoms with Crippen molar-refractivity contribution in [3.63, 3.8) is 0 Å². The third-order valence-corrected chi connectivity index (χ3v) is 3.89. The maximum absolute atomic E-state index is 11.4. The molecular formula is C13H18O. The van der Waals surface area contributed by atoms with Gasteiger partial charge >= 0.3 is 0 Å². The second kappa shape index (κ2) is 3.72. The molecule has 1 heteroatoms. The minimum Gasteiger partial charge on any atom is -0.300 e. The Kier molecular flexibility index (Phi) is 2.58. The average molecular weight is 190 g/mol. The quantitative estimate of drug-likeness (QED) is 0.581. The fourth-order valence-electron chi connectivity index (χ4n) is 3.04. The van der Waals surface area contributed by atoms with E-state index in [2.05, 4.69) is 13.2 Å². The summed E-state index contributed by atoms with van der Waals surface area (Å²) in [7, 11) is 0. The van der Waals surface area contributed by atoms with Crippen molar-refractivity contribution in [1.82, 2.24) is 0 Å². The largest absolute Gasteiger partial charge is 0.300 e. The van der Waals surface area contributed by atoms with E-state index in [-0.39, 0.29) is 0 Å². The lowest BCUT2D eigenvalue weighted by atomic mass is 9.63. The highest BCUT2D eigenvalue weighted by molar-refractivity contribution is 5.79. The van der Waals surface area contributed by atoms with Gasteiger partial charge in [-0.25, -0.2) is 0 Å². The van der Waals surface area contributed by atoms with E-state index in [1.54, 1.807) is 0 Å². The molecule has 0 bridgehead atoms. The van der Waals surface area contributed by atoms with Gasteiger partial charge in [0.25, 0.3) is 0 Å². The molecule has 2 aliphatic carbocycles. The molecule has 0 aliphatic heterocycles. The number of carbonyl (C=O) groups is 1. The van der Waals surface area contributed by atoms with Gasteiger partial charge in [0.2, 0.25) is 0 Å². The Morgan fingerprint density at radius 1 is 1.29 bits per heavy atom. The van der Waals surface area contributed by atoms with Crippen LogP contribution in [0.2, 0.25) is 0 Å². The lowest BCUT2D eigenvalue weighted by Gasteiger charge is -2.41. The lowest BCUT2D eigenvalue weighted by Crippen LogP contribution is -2.34. The summed E-state index contributed by atoms with van der Waals surface area (Å²) in [5, 5.41) is 0. The number of allylic oxidation sites excluding steroid dienone is 2. The van der Waals surface area contributed by atoms with E-state index in [1.807, 2.05) is 6.08 Å². The highest BCUT2D eigenvalue weighted by atomic mass is 16.1. The summed E-state index contributed by atoms with van der Waals surface area (Å²) >= 11 is 0. The number of Topliss-reactive ketones (excluding diaryl/α,β-unsaturated/α-hetero) is 1. The molecule has 2 aliphatic rings. The lowest BCUT2D eigenvalue weighted by molar-refractivity contribution is -0.123. The van der Waals surface area contributed by atoms with Crippen LogP contribution in [0, 0.1) is 17.8 Å². The third kappa shape index (κ3) is 1.56. The molecule has 0 heterocycles. The van der Waals surface area contributed by atoms with Crippen LogP contribution in [0.3, 0.4) is 0 Å². The van der Waals surface area contributed by atoms with E-state index in [1.165, 1.54) is 5.57 Å². The van der Waals surface area contributed by atoms with Crippen molar-refractivity contribution in [3.8, 4) is 0 Å². The van der Waals surface area contributed by atoms with Crippen LogP contribution >= 0.6 is 0 Å². The zero-order chi connectivity index (χ0) is 10.1. The standard InChI is InChI=1S/C13H18O/c1-3-10-5-4-9(2)12-7-6-11(14)8-13(10)12/h3,10,12-13H,1-2,4-8H2/t10?,12-,13-/m0/s1. The summed E-state index contributed by atoms with van der Waals surface area (Å²) < 4.78 is 0. The number of hydrogen-bond acceptors (Lipinski definition) is 1. The van der Waals surface area contributed by atoms with Crippen LogP contribution < -0.4 is 0 Å². The van der Waals surface area contributed by atoms with E-state index in [0.29, 0.717) is 23.5 Å². The highest BCUT2D eigenvalue weighted by Crippen LogP contribution is 2.45. The minimum absolute atomic E-state index is 0.438. The predicted octanol–water partition coefficient (Wildman–Crippen LogP) is 3.12. The maximum Gasteiger partial charge on any atom is 0.133 e. The fourth-order valence-corrected chi connectivity index (χ4v) is 3.04. The second-order valence-electron chi connectivity index (χ2n) is 4.65. The Morgan fingerprint density at radius 3 is 2.79 bits per heavy atom. The number of carbonyl (C=O) groups excluding carboxylic acids is 1.